The highest BCUT2D eigenvalue weighted by Crippen LogP contribution is 2.35. The second-order valence-electron chi connectivity index (χ2n) is 5.32. The molecule has 0 bridgehead atoms. The molecule has 1 aliphatic rings. The van der Waals surface area contributed by atoms with E-state index in [0.29, 0.717) is 31.7 Å². The Morgan fingerprint density at radius 3 is 2.71 bits per heavy atom. The minimum atomic E-state index is -0.903. The summed E-state index contributed by atoms with van der Waals surface area (Å²) in [5.74, 6) is 0.271. The number of oxime groups is 1. The summed E-state index contributed by atoms with van der Waals surface area (Å²) in [6, 6.07) is 0. The lowest BCUT2D eigenvalue weighted by molar-refractivity contribution is -0.128. The van der Waals surface area contributed by atoms with Gasteiger partial charge in [0.05, 0.1) is 0 Å². The van der Waals surface area contributed by atoms with Gasteiger partial charge < -0.3 is 20.8 Å². The van der Waals surface area contributed by atoms with Crippen molar-refractivity contribution in [2.75, 3.05) is 6.54 Å². The lowest BCUT2D eigenvalue weighted by atomic mass is 9.78. The SMILES string of the molecule is NC(=NO)C1(C(=O)NCCc2ncno2)CCCCCC1. The van der Waals surface area contributed by atoms with Crippen LogP contribution in [0.15, 0.2) is 16.0 Å². The van der Waals surface area contributed by atoms with Crippen LogP contribution in [0, 0.1) is 5.41 Å². The predicted molar refractivity (Wildman–Crippen MR) is 74.6 cm³/mol. The third-order valence-corrected chi connectivity index (χ3v) is 4.02. The molecule has 0 aliphatic heterocycles. The van der Waals surface area contributed by atoms with Crippen molar-refractivity contribution in [2.24, 2.45) is 16.3 Å². The molecule has 4 N–H and O–H groups in total. The second kappa shape index (κ2) is 7.05. The molecule has 8 nitrogen and oxygen atoms in total. The van der Waals surface area contributed by atoms with Gasteiger partial charge in [0.2, 0.25) is 11.8 Å². The normalized spacial score (nSPS) is 19.0. The summed E-state index contributed by atoms with van der Waals surface area (Å²) in [6.07, 6.45) is 6.91. The molecule has 0 spiro atoms. The van der Waals surface area contributed by atoms with Crippen LogP contribution in [0.25, 0.3) is 0 Å². The standard InChI is InChI=1S/C13H21N5O3/c14-11(18-20)13(6-3-1-2-4-7-13)12(19)15-8-5-10-16-9-17-21-10/h9,20H,1-8H2,(H2,14,18)(H,15,19). The van der Waals surface area contributed by atoms with Gasteiger partial charge in [0, 0.05) is 13.0 Å². The highest BCUT2D eigenvalue weighted by Gasteiger charge is 2.42. The molecule has 1 fully saturated rings. The van der Waals surface area contributed by atoms with E-state index in [1.165, 1.54) is 6.33 Å². The fourth-order valence-corrected chi connectivity index (χ4v) is 2.79. The maximum absolute atomic E-state index is 12.6. The molecule has 2 rings (SSSR count). The predicted octanol–water partition coefficient (Wildman–Crippen LogP) is 0.815. The van der Waals surface area contributed by atoms with E-state index in [-0.39, 0.29) is 11.7 Å². The van der Waals surface area contributed by atoms with E-state index in [0.717, 1.165) is 25.7 Å². The Labute approximate surface area is 122 Å². The zero-order valence-corrected chi connectivity index (χ0v) is 11.9. The van der Waals surface area contributed by atoms with Gasteiger partial charge in [-0.15, -0.1) is 0 Å². The Morgan fingerprint density at radius 2 is 2.14 bits per heavy atom. The van der Waals surface area contributed by atoms with Crippen molar-refractivity contribution in [1.82, 2.24) is 15.5 Å². The number of rotatable bonds is 5. The quantitative estimate of drug-likeness (QED) is 0.242. The van der Waals surface area contributed by atoms with Gasteiger partial charge >= 0.3 is 0 Å². The third-order valence-electron chi connectivity index (χ3n) is 4.02. The summed E-state index contributed by atoms with van der Waals surface area (Å²) in [6.45, 7) is 0.376. The van der Waals surface area contributed by atoms with Gasteiger partial charge in [-0.25, -0.2) is 0 Å². The van der Waals surface area contributed by atoms with Crippen LogP contribution in [0.2, 0.25) is 0 Å². The highest BCUT2D eigenvalue weighted by atomic mass is 16.5. The van der Waals surface area contributed by atoms with Gasteiger partial charge in [0.15, 0.2) is 12.2 Å². The molecule has 0 aromatic carbocycles. The Hall–Kier alpha value is -2.12. The van der Waals surface area contributed by atoms with Crippen molar-refractivity contribution in [2.45, 2.75) is 44.9 Å². The first-order chi connectivity index (χ1) is 10.2. The molecule has 1 aromatic rings. The first-order valence-corrected chi connectivity index (χ1v) is 7.21. The Balaban J connectivity index is 2.00. The van der Waals surface area contributed by atoms with Crippen molar-refractivity contribution in [3.05, 3.63) is 12.2 Å². The number of hydrogen-bond acceptors (Lipinski definition) is 6. The van der Waals surface area contributed by atoms with Gasteiger partial charge in [0.1, 0.15) is 5.41 Å². The average Bonchev–Trinajstić information content (AvgIpc) is 2.88. The van der Waals surface area contributed by atoms with Gasteiger partial charge in [-0.2, -0.15) is 4.98 Å². The number of hydrogen-bond donors (Lipinski definition) is 3. The van der Waals surface area contributed by atoms with Crippen LogP contribution in [0.5, 0.6) is 0 Å². The summed E-state index contributed by atoms with van der Waals surface area (Å²) in [5, 5.41) is 18.5. The molecule has 0 atom stereocenters. The number of carbonyl (C=O) groups is 1. The highest BCUT2D eigenvalue weighted by molar-refractivity contribution is 6.06. The minimum absolute atomic E-state index is 0.000287. The van der Waals surface area contributed by atoms with Crippen LogP contribution < -0.4 is 11.1 Å². The lowest BCUT2D eigenvalue weighted by Crippen LogP contribution is -2.50. The van der Waals surface area contributed by atoms with E-state index in [4.69, 9.17) is 15.5 Å². The molecule has 8 heteroatoms. The fourth-order valence-electron chi connectivity index (χ4n) is 2.79. The van der Waals surface area contributed by atoms with Gasteiger partial charge in [-0.3, -0.25) is 4.79 Å². The van der Waals surface area contributed by atoms with Crippen LogP contribution in [0.3, 0.4) is 0 Å². The van der Waals surface area contributed by atoms with Crippen LogP contribution in [-0.4, -0.2) is 33.6 Å². The van der Waals surface area contributed by atoms with Crippen LogP contribution in [-0.2, 0) is 11.2 Å². The summed E-state index contributed by atoms with van der Waals surface area (Å²) < 4.78 is 4.87. The van der Waals surface area contributed by atoms with Gasteiger partial charge in [-0.1, -0.05) is 36.0 Å². The largest absolute Gasteiger partial charge is 0.409 e. The van der Waals surface area contributed by atoms with Crippen molar-refractivity contribution in [3.8, 4) is 0 Å². The topological polar surface area (TPSA) is 127 Å². The molecule has 1 saturated carbocycles. The Morgan fingerprint density at radius 1 is 1.43 bits per heavy atom. The maximum atomic E-state index is 12.6. The van der Waals surface area contributed by atoms with Crippen LogP contribution >= 0.6 is 0 Å². The van der Waals surface area contributed by atoms with E-state index in [9.17, 15) is 4.79 Å². The molecular weight excluding hydrogens is 274 g/mol. The number of amides is 1. The van der Waals surface area contributed by atoms with E-state index in [2.05, 4.69) is 20.6 Å². The minimum Gasteiger partial charge on any atom is -0.409 e. The number of carbonyl (C=O) groups excluding carboxylic acids is 1. The molecule has 1 aliphatic carbocycles. The van der Waals surface area contributed by atoms with Crippen molar-refractivity contribution in [3.63, 3.8) is 0 Å². The molecule has 1 aromatic heterocycles. The molecule has 0 unspecified atom stereocenters. The number of nitrogens with one attached hydrogen (secondary N) is 1. The maximum Gasteiger partial charge on any atom is 0.233 e. The van der Waals surface area contributed by atoms with E-state index >= 15 is 0 Å². The molecule has 0 radical (unpaired) electrons. The van der Waals surface area contributed by atoms with E-state index < -0.39 is 5.41 Å². The summed E-state index contributed by atoms with van der Waals surface area (Å²) in [4.78, 5) is 16.4. The summed E-state index contributed by atoms with van der Waals surface area (Å²) >= 11 is 0. The number of nitrogens with zero attached hydrogens (tertiary/aromatic N) is 3. The Bertz CT molecular complexity index is 478. The second-order valence-corrected chi connectivity index (χ2v) is 5.32. The van der Waals surface area contributed by atoms with Crippen molar-refractivity contribution in [1.29, 1.82) is 0 Å². The first kappa shape index (κ1) is 15.3. The number of amidine groups is 1. The number of aromatic nitrogens is 2. The first-order valence-electron chi connectivity index (χ1n) is 7.21. The fraction of sp³-hybridized carbons (Fsp3) is 0.692. The summed E-state index contributed by atoms with van der Waals surface area (Å²) in [5.41, 5.74) is 4.91. The molecule has 116 valence electrons. The molecule has 0 saturated heterocycles. The smallest absolute Gasteiger partial charge is 0.233 e. The molecule has 21 heavy (non-hydrogen) atoms. The van der Waals surface area contributed by atoms with E-state index in [1.54, 1.807) is 0 Å². The average molecular weight is 295 g/mol. The Kier molecular flexibility index (Phi) is 5.13. The van der Waals surface area contributed by atoms with Crippen molar-refractivity contribution < 1.29 is 14.5 Å². The van der Waals surface area contributed by atoms with Crippen LogP contribution in [0.4, 0.5) is 0 Å². The zero-order valence-electron chi connectivity index (χ0n) is 11.9. The van der Waals surface area contributed by atoms with Gasteiger partial charge in [0.25, 0.3) is 0 Å². The lowest BCUT2D eigenvalue weighted by Gasteiger charge is -2.29. The molecule has 1 amide bonds. The third kappa shape index (κ3) is 3.50. The zero-order chi connectivity index (χ0) is 15.1. The van der Waals surface area contributed by atoms with E-state index in [1.807, 2.05) is 0 Å². The van der Waals surface area contributed by atoms with Gasteiger partial charge in [-0.05, 0) is 12.8 Å². The number of nitrogens with two attached hydrogens (primary N) is 1. The molecule has 1 heterocycles. The molecular formula is C13H21N5O3. The summed E-state index contributed by atoms with van der Waals surface area (Å²) in [7, 11) is 0. The van der Waals surface area contributed by atoms with Crippen LogP contribution in [0.1, 0.15) is 44.4 Å². The monoisotopic (exact) mass is 295 g/mol. The van der Waals surface area contributed by atoms with Crippen molar-refractivity contribution >= 4 is 11.7 Å².